The molecule has 0 aliphatic carbocycles. The van der Waals surface area contributed by atoms with E-state index in [1.807, 2.05) is 31.4 Å². The van der Waals surface area contributed by atoms with Gasteiger partial charge in [0.05, 0.1) is 11.5 Å². The van der Waals surface area contributed by atoms with Crippen LogP contribution in [0.15, 0.2) is 17.5 Å². The minimum Gasteiger partial charge on any atom is -0.351 e. The summed E-state index contributed by atoms with van der Waals surface area (Å²) in [6, 6.07) is 3.47. The molecule has 0 bridgehead atoms. The standard InChI is InChI=1S/C11H18N2O3S/c1-3-15-10(16-4-2)8-12-11(14)13-9-6-5-7-17-9/h5-7,10H,3-4,8H2,1-2H3,(H2,12,13,14). The molecule has 17 heavy (non-hydrogen) atoms. The Bertz CT molecular complexity index is 311. The van der Waals surface area contributed by atoms with Crippen LogP contribution in [0, 0.1) is 0 Å². The normalized spacial score (nSPS) is 10.5. The minimum atomic E-state index is -0.390. The topological polar surface area (TPSA) is 59.6 Å². The fourth-order valence-electron chi connectivity index (χ4n) is 1.22. The summed E-state index contributed by atoms with van der Waals surface area (Å²) < 4.78 is 10.6. The maximum atomic E-state index is 11.5. The molecule has 0 fully saturated rings. The summed E-state index contributed by atoms with van der Waals surface area (Å²) in [5.41, 5.74) is 0. The summed E-state index contributed by atoms with van der Waals surface area (Å²) >= 11 is 1.47. The maximum absolute atomic E-state index is 11.5. The van der Waals surface area contributed by atoms with Crippen molar-refractivity contribution in [3.63, 3.8) is 0 Å². The van der Waals surface area contributed by atoms with Crippen molar-refractivity contribution in [3.8, 4) is 0 Å². The number of thiophene rings is 1. The molecule has 0 saturated carbocycles. The highest BCUT2D eigenvalue weighted by Gasteiger charge is 2.09. The van der Waals surface area contributed by atoms with Gasteiger partial charge in [-0.1, -0.05) is 0 Å². The minimum absolute atomic E-state index is 0.253. The summed E-state index contributed by atoms with van der Waals surface area (Å²) in [4.78, 5) is 11.5. The Kier molecular flexibility index (Phi) is 6.61. The van der Waals surface area contributed by atoms with Gasteiger partial charge in [0, 0.05) is 13.2 Å². The number of carbonyl (C=O) groups excluding carboxylic acids is 1. The van der Waals surface area contributed by atoms with E-state index < -0.39 is 0 Å². The Morgan fingerprint density at radius 3 is 2.65 bits per heavy atom. The number of urea groups is 1. The van der Waals surface area contributed by atoms with Gasteiger partial charge in [-0.05, 0) is 31.4 Å². The van der Waals surface area contributed by atoms with Crippen LogP contribution in [0.3, 0.4) is 0 Å². The third-order valence-corrected chi connectivity index (χ3v) is 2.68. The number of amides is 2. The Hall–Kier alpha value is -1.11. The van der Waals surface area contributed by atoms with Crippen molar-refractivity contribution < 1.29 is 14.3 Å². The third-order valence-electron chi connectivity index (χ3n) is 1.89. The van der Waals surface area contributed by atoms with Gasteiger partial charge in [-0.25, -0.2) is 4.79 Å². The Labute approximate surface area is 105 Å². The first-order chi connectivity index (χ1) is 8.26. The van der Waals surface area contributed by atoms with E-state index in [1.54, 1.807) is 0 Å². The van der Waals surface area contributed by atoms with E-state index in [2.05, 4.69) is 10.6 Å². The van der Waals surface area contributed by atoms with Crippen LogP contribution in [0.5, 0.6) is 0 Å². The quantitative estimate of drug-likeness (QED) is 0.738. The zero-order valence-corrected chi connectivity index (χ0v) is 10.9. The number of rotatable bonds is 7. The molecule has 1 heterocycles. The van der Waals surface area contributed by atoms with E-state index in [1.165, 1.54) is 11.3 Å². The van der Waals surface area contributed by atoms with Crippen molar-refractivity contribution in [1.82, 2.24) is 5.32 Å². The summed E-state index contributed by atoms with van der Waals surface area (Å²) in [5.74, 6) is 0. The molecule has 0 unspecified atom stereocenters. The molecular formula is C11H18N2O3S. The van der Waals surface area contributed by atoms with E-state index in [9.17, 15) is 4.79 Å². The van der Waals surface area contributed by atoms with Crippen molar-refractivity contribution in [2.45, 2.75) is 20.1 Å². The molecule has 2 amide bonds. The molecule has 0 radical (unpaired) electrons. The summed E-state index contributed by atoms with van der Waals surface area (Å²) in [7, 11) is 0. The molecule has 0 atom stereocenters. The van der Waals surface area contributed by atoms with Gasteiger partial charge in [-0.15, -0.1) is 11.3 Å². The molecule has 5 nitrogen and oxygen atoms in total. The molecule has 2 N–H and O–H groups in total. The molecule has 1 rings (SSSR count). The predicted octanol–water partition coefficient (Wildman–Crippen LogP) is 2.27. The lowest BCUT2D eigenvalue weighted by atomic mass is 10.5. The molecule has 0 saturated heterocycles. The highest BCUT2D eigenvalue weighted by atomic mass is 32.1. The van der Waals surface area contributed by atoms with Crippen molar-refractivity contribution in [3.05, 3.63) is 17.5 Å². The Morgan fingerprint density at radius 1 is 1.41 bits per heavy atom. The summed E-state index contributed by atoms with van der Waals surface area (Å²) in [5, 5.41) is 8.13. The van der Waals surface area contributed by atoms with E-state index in [-0.39, 0.29) is 12.3 Å². The van der Waals surface area contributed by atoms with Crippen LogP contribution in [0.4, 0.5) is 9.80 Å². The van der Waals surface area contributed by atoms with Crippen LogP contribution in [0.1, 0.15) is 13.8 Å². The van der Waals surface area contributed by atoms with Gasteiger partial charge in [-0.2, -0.15) is 0 Å². The molecule has 6 heteroatoms. The fourth-order valence-corrected chi connectivity index (χ4v) is 1.83. The monoisotopic (exact) mass is 258 g/mol. The molecule has 0 aliphatic heterocycles. The van der Waals surface area contributed by atoms with Crippen LogP contribution >= 0.6 is 11.3 Å². The third kappa shape index (κ3) is 5.67. The van der Waals surface area contributed by atoms with E-state index in [0.717, 1.165) is 5.00 Å². The number of ether oxygens (including phenoxy) is 2. The van der Waals surface area contributed by atoms with Crippen LogP contribution in [0.2, 0.25) is 0 Å². The summed E-state index contributed by atoms with van der Waals surface area (Å²) in [6.07, 6.45) is -0.390. The van der Waals surface area contributed by atoms with Gasteiger partial charge < -0.3 is 14.8 Å². The number of hydrogen-bond donors (Lipinski definition) is 2. The number of carbonyl (C=O) groups is 1. The van der Waals surface area contributed by atoms with Crippen molar-refractivity contribution in [2.24, 2.45) is 0 Å². The van der Waals surface area contributed by atoms with Gasteiger partial charge in [0.15, 0.2) is 6.29 Å². The van der Waals surface area contributed by atoms with Crippen molar-refractivity contribution in [2.75, 3.05) is 25.1 Å². The van der Waals surface area contributed by atoms with Gasteiger partial charge in [0.1, 0.15) is 0 Å². The molecule has 1 aromatic rings. The lowest BCUT2D eigenvalue weighted by molar-refractivity contribution is -0.131. The molecule has 0 aliphatic rings. The smallest absolute Gasteiger partial charge is 0.320 e. The van der Waals surface area contributed by atoms with E-state index in [0.29, 0.717) is 19.8 Å². The van der Waals surface area contributed by atoms with Crippen molar-refractivity contribution >= 4 is 22.4 Å². The average Bonchev–Trinajstić information content (AvgIpc) is 2.79. The fraction of sp³-hybridized carbons (Fsp3) is 0.545. The van der Waals surface area contributed by atoms with Gasteiger partial charge in [0.2, 0.25) is 0 Å². The average molecular weight is 258 g/mol. The van der Waals surface area contributed by atoms with Gasteiger partial charge >= 0.3 is 6.03 Å². The van der Waals surface area contributed by atoms with Crippen LogP contribution in [0.25, 0.3) is 0 Å². The molecule has 96 valence electrons. The summed E-state index contributed by atoms with van der Waals surface area (Å²) in [6.45, 7) is 5.21. The largest absolute Gasteiger partial charge is 0.351 e. The lowest BCUT2D eigenvalue weighted by Crippen LogP contribution is -2.37. The lowest BCUT2D eigenvalue weighted by Gasteiger charge is -2.17. The number of anilines is 1. The number of hydrogen-bond acceptors (Lipinski definition) is 4. The zero-order chi connectivity index (χ0) is 12.5. The second-order valence-electron chi connectivity index (χ2n) is 3.15. The first kappa shape index (κ1) is 14.0. The Balaban J connectivity index is 2.25. The van der Waals surface area contributed by atoms with Gasteiger partial charge in [0.25, 0.3) is 0 Å². The van der Waals surface area contributed by atoms with Crippen LogP contribution in [-0.4, -0.2) is 32.1 Å². The zero-order valence-electron chi connectivity index (χ0n) is 10.1. The highest BCUT2D eigenvalue weighted by Crippen LogP contribution is 2.14. The molecule has 1 aromatic heterocycles. The molecular weight excluding hydrogens is 240 g/mol. The van der Waals surface area contributed by atoms with E-state index >= 15 is 0 Å². The maximum Gasteiger partial charge on any atom is 0.320 e. The first-order valence-corrected chi connectivity index (χ1v) is 6.45. The van der Waals surface area contributed by atoms with Gasteiger partial charge in [-0.3, -0.25) is 5.32 Å². The molecule has 0 aromatic carbocycles. The molecule has 0 spiro atoms. The second kappa shape index (κ2) is 8.05. The van der Waals surface area contributed by atoms with Crippen molar-refractivity contribution in [1.29, 1.82) is 0 Å². The van der Waals surface area contributed by atoms with E-state index in [4.69, 9.17) is 9.47 Å². The van der Waals surface area contributed by atoms with Crippen LogP contribution in [-0.2, 0) is 9.47 Å². The second-order valence-corrected chi connectivity index (χ2v) is 4.10. The SMILES string of the molecule is CCOC(CNC(=O)Nc1cccs1)OCC. The Morgan fingerprint density at radius 2 is 2.12 bits per heavy atom. The number of nitrogens with one attached hydrogen (secondary N) is 2. The predicted molar refractivity (Wildman–Crippen MR) is 68.4 cm³/mol. The first-order valence-electron chi connectivity index (χ1n) is 5.57. The van der Waals surface area contributed by atoms with Crippen LogP contribution < -0.4 is 10.6 Å². The highest BCUT2D eigenvalue weighted by molar-refractivity contribution is 7.14.